The number of aryl methyl sites for hydroxylation is 2. The molecule has 1 N–H and O–H groups in total. The van der Waals surface area contributed by atoms with Crippen LogP contribution in [0.5, 0.6) is 0 Å². The van der Waals surface area contributed by atoms with Crippen molar-refractivity contribution in [2.45, 2.75) is 46.5 Å². The smallest absolute Gasteiger partial charge is 0.227 e. The van der Waals surface area contributed by atoms with Crippen molar-refractivity contribution in [3.8, 4) is 0 Å². The summed E-state index contributed by atoms with van der Waals surface area (Å²) in [4.78, 5) is 12.2. The van der Waals surface area contributed by atoms with Crippen LogP contribution in [0.1, 0.15) is 43.7 Å². The van der Waals surface area contributed by atoms with Gasteiger partial charge in [-0.05, 0) is 68.7 Å². The van der Waals surface area contributed by atoms with Crippen LogP contribution < -0.4 is 5.32 Å². The summed E-state index contributed by atoms with van der Waals surface area (Å²) in [7, 11) is 0. The lowest BCUT2D eigenvalue weighted by atomic mass is 9.82. The molecule has 1 aromatic carbocycles. The van der Waals surface area contributed by atoms with E-state index in [4.69, 9.17) is 0 Å². The number of benzene rings is 1. The van der Waals surface area contributed by atoms with Gasteiger partial charge >= 0.3 is 0 Å². The molecule has 1 amide bonds. The summed E-state index contributed by atoms with van der Waals surface area (Å²) in [5.74, 6) is 1.20. The van der Waals surface area contributed by atoms with Gasteiger partial charge in [0.2, 0.25) is 5.91 Å². The molecule has 0 radical (unpaired) electrons. The number of rotatable bonds is 2. The Labute approximate surface area is 110 Å². The van der Waals surface area contributed by atoms with Crippen molar-refractivity contribution in [1.82, 2.24) is 0 Å². The summed E-state index contributed by atoms with van der Waals surface area (Å²) in [6.45, 7) is 6.44. The highest BCUT2D eigenvalue weighted by molar-refractivity contribution is 5.92. The van der Waals surface area contributed by atoms with Crippen LogP contribution in [0, 0.1) is 25.7 Å². The zero-order valence-electron chi connectivity index (χ0n) is 11.6. The molecule has 2 rings (SSSR count). The molecule has 0 aromatic heterocycles. The van der Waals surface area contributed by atoms with Crippen LogP contribution in [0.25, 0.3) is 0 Å². The van der Waals surface area contributed by atoms with Crippen molar-refractivity contribution in [1.29, 1.82) is 0 Å². The predicted octanol–water partition coefficient (Wildman–Crippen LogP) is 4.07. The standard InChI is InChI=1S/C16H23NO/c1-11-4-7-14(8-5-11)16(18)17-15-9-6-12(2)13(3)10-15/h6,9-11,14H,4-5,7-8H2,1-3H3,(H,17,18). The maximum atomic E-state index is 12.2. The van der Waals surface area contributed by atoms with Crippen LogP contribution in [0.4, 0.5) is 5.69 Å². The van der Waals surface area contributed by atoms with Crippen LogP contribution in [0.15, 0.2) is 18.2 Å². The zero-order valence-corrected chi connectivity index (χ0v) is 11.6. The number of carbonyl (C=O) groups excluding carboxylic acids is 1. The van der Waals surface area contributed by atoms with E-state index in [1.54, 1.807) is 0 Å². The molecule has 98 valence electrons. The fraction of sp³-hybridized carbons (Fsp3) is 0.562. The number of carbonyl (C=O) groups is 1. The van der Waals surface area contributed by atoms with Crippen LogP contribution in [-0.2, 0) is 4.79 Å². The van der Waals surface area contributed by atoms with Crippen molar-refractivity contribution >= 4 is 11.6 Å². The predicted molar refractivity (Wildman–Crippen MR) is 75.7 cm³/mol. The lowest BCUT2D eigenvalue weighted by Gasteiger charge is -2.25. The molecule has 0 bridgehead atoms. The molecule has 0 aliphatic heterocycles. The van der Waals surface area contributed by atoms with Gasteiger partial charge in [-0.1, -0.05) is 13.0 Å². The molecule has 2 heteroatoms. The van der Waals surface area contributed by atoms with E-state index >= 15 is 0 Å². The van der Waals surface area contributed by atoms with E-state index in [2.05, 4.69) is 38.2 Å². The third kappa shape index (κ3) is 3.12. The van der Waals surface area contributed by atoms with Gasteiger partial charge < -0.3 is 5.32 Å². The Hall–Kier alpha value is -1.31. The molecule has 0 saturated heterocycles. The van der Waals surface area contributed by atoms with E-state index in [0.29, 0.717) is 0 Å². The molecule has 1 aliphatic rings. The fourth-order valence-electron chi connectivity index (χ4n) is 2.59. The average Bonchev–Trinajstić information content (AvgIpc) is 2.34. The first-order valence-corrected chi connectivity index (χ1v) is 6.94. The van der Waals surface area contributed by atoms with Crippen molar-refractivity contribution in [3.05, 3.63) is 29.3 Å². The molecule has 1 fully saturated rings. The highest BCUT2D eigenvalue weighted by Gasteiger charge is 2.24. The summed E-state index contributed by atoms with van der Waals surface area (Å²) in [6, 6.07) is 6.11. The summed E-state index contributed by atoms with van der Waals surface area (Å²) < 4.78 is 0. The second-order valence-corrected chi connectivity index (χ2v) is 5.75. The van der Waals surface area contributed by atoms with Crippen LogP contribution in [0.2, 0.25) is 0 Å². The normalized spacial score (nSPS) is 23.7. The molecule has 0 unspecified atom stereocenters. The first kappa shape index (κ1) is 13.1. The number of anilines is 1. The lowest BCUT2D eigenvalue weighted by molar-refractivity contribution is -0.121. The summed E-state index contributed by atoms with van der Waals surface area (Å²) in [6.07, 6.45) is 4.45. The van der Waals surface area contributed by atoms with Crippen LogP contribution in [0.3, 0.4) is 0 Å². The molecule has 18 heavy (non-hydrogen) atoms. The van der Waals surface area contributed by atoms with Gasteiger partial charge in [-0.3, -0.25) is 4.79 Å². The maximum Gasteiger partial charge on any atom is 0.227 e. The van der Waals surface area contributed by atoms with Crippen molar-refractivity contribution in [2.75, 3.05) is 5.32 Å². The first-order valence-electron chi connectivity index (χ1n) is 6.94. The Morgan fingerprint density at radius 1 is 1.11 bits per heavy atom. The Bertz CT molecular complexity index is 431. The van der Waals surface area contributed by atoms with Gasteiger partial charge in [0.05, 0.1) is 0 Å². The van der Waals surface area contributed by atoms with Gasteiger partial charge in [0, 0.05) is 11.6 Å². The van der Waals surface area contributed by atoms with Crippen molar-refractivity contribution in [2.24, 2.45) is 11.8 Å². The molecular weight excluding hydrogens is 222 g/mol. The summed E-state index contributed by atoms with van der Waals surface area (Å²) in [5.41, 5.74) is 3.42. The van der Waals surface area contributed by atoms with Gasteiger partial charge in [0.25, 0.3) is 0 Å². The van der Waals surface area contributed by atoms with E-state index in [-0.39, 0.29) is 11.8 Å². The number of hydrogen-bond donors (Lipinski definition) is 1. The van der Waals surface area contributed by atoms with Gasteiger partial charge in [0.1, 0.15) is 0 Å². The van der Waals surface area contributed by atoms with E-state index in [1.165, 1.54) is 24.0 Å². The third-order valence-corrected chi connectivity index (χ3v) is 4.16. The largest absolute Gasteiger partial charge is 0.326 e. The number of amides is 1. The minimum absolute atomic E-state index is 0.199. The van der Waals surface area contributed by atoms with E-state index in [1.807, 2.05) is 6.07 Å². The molecule has 0 spiro atoms. The lowest BCUT2D eigenvalue weighted by Crippen LogP contribution is -2.26. The average molecular weight is 245 g/mol. The fourth-order valence-corrected chi connectivity index (χ4v) is 2.59. The number of nitrogens with one attached hydrogen (secondary N) is 1. The van der Waals surface area contributed by atoms with Crippen molar-refractivity contribution in [3.63, 3.8) is 0 Å². The molecule has 1 aromatic rings. The quantitative estimate of drug-likeness (QED) is 0.836. The molecule has 1 aliphatic carbocycles. The molecule has 1 saturated carbocycles. The van der Waals surface area contributed by atoms with E-state index < -0.39 is 0 Å². The van der Waals surface area contributed by atoms with E-state index in [0.717, 1.165) is 24.4 Å². The van der Waals surface area contributed by atoms with Gasteiger partial charge in [-0.15, -0.1) is 0 Å². The SMILES string of the molecule is Cc1ccc(NC(=O)C2CCC(C)CC2)cc1C. The zero-order chi connectivity index (χ0) is 13.1. The van der Waals surface area contributed by atoms with E-state index in [9.17, 15) is 4.79 Å². The molecule has 0 atom stereocenters. The van der Waals surface area contributed by atoms with Crippen molar-refractivity contribution < 1.29 is 4.79 Å². The highest BCUT2D eigenvalue weighted by atomic mass is 16.1. The molecular formula is C16H23NO. The Kier molecular flexibility index (Phi) is 4.05. The first-order chi connectivity index (χ1) is 8.56. The maximum absolute atomic E-state index is 12.2. The summed E-state index contributed by atoms with van der Waals surface area (Å²) >= 11 is 0. The second kappa shape index (κ2) is 5.55. The monoisotopic (exact) mass is 245 g/mol. The molecule has 0 heterocycles. The second-order valence-electron chi connectivity index (χ2n) is 5.75. The van der Waals surface area contributed by atoms with Crippen LogP contribution in [-0.4, -0.2) is 5.91 Å². The van der Waals surface area contributed by atoms with Gasteiger partial charge in [-0.25, -0.2) is 0 Å². The van der Waals surface area contributed by atoms with Gasteiger partial charge in [0.15, 0.2) is 0 Å². The highest BCUT2D eigenvalue weighted by Crippen LogP contribution is 2.29. The minimum atomic E-state index is 0.199. The Balaban J connectivity index is 1.96. The Morgan fingerprint density at radius 3 is 2.39 bits per heavy atom. The molecule has 2 nitrogen and oxygen atoms in total. The Morgan fingerprint density at radius 2 is 1.78 bits per heavy atom. The number of hydrogen-bond acceptors (Lipinski definition) is 1. The van der Waals surface area contributed by atoms with Gasteiger partial charge in [-0.2, -0.15) is 0 Å². The topological polar surface area (TPSA) is 29.1 Å². The third-order valence-electron chi connectivity index (χ3n) is 4.16. The summed E-state index contributed by atoms with van der Waals surface area (Å²) in [5, 5.41) is 3.06. The minimum Gasteiger partial charge on any atom is -0.326 e. The van der Waals surface area contributed by atoms with Crippen LogP contribution >= 0.6 is 0 Å².